The molecule has 3 amide bonds. The number of hydrogen-bond donors (Lipinski definition) is 3. The molecule has 0 fully saturated rings. The third kappa shape index (κ3) is 4.55. The molecule has 0 saturated carbocycles. The van der Waals surface area contributed by atoms with E-state index in [1.807, 2.05) is 0 Å². The second kappa shape index (κ2) is 8.84. The molecule has 148 valence electrons. The van der Waals surface area contributed by atoms with Gasteiger partial charge in [0.05, 0.1) is 12.7 Å². The first-order valence-corrected chi connectivity index (χ1v) is 7.90. The molecule has 0 spiro atoms. The number of anilines is 1. The van der Waals surface area contributed by atoms with Crippen LogP contribution in [-0.2, 0) is 0 Å². The van der Waals surface area contributed by atoms with E-state index < -0.39 is 35.4 Å². The highest BCUT2D eigenvalue weighted by atomic mass is 19.3. The summed E-state index contributed by atoms with van der Waals surface area (Å²) >= 11 is 0. The lowest BCUT2D eigenvalue weighted by atomic mass is 10.1. The Balaban J connectivity index is 2.43. The number of halogens is 2. The molecule has 3 N–H and O–H groups in total. The predicted octanol–water partition coefficient (Wildman–Crippen LogP) is 1.39. The molecule has 1 aromatic heterocycles. The molecule has 0 radical (unpaired) electrons. The summed E-state index contributed by atoms with van der Waals surface area (Å²) in [7, 11) is 4.00. The summed E-state index contributed by atoms with van der Waals surface area (Å²) in [5, 5.41) is 7.17. The van der Waals surface area contributed by atoms with Gasteiger partial charge in [0, 0.05) is 37.1 Å². The minimum atomic E-state index is -3.05. The molecule has 0 aliphatic carbocycles. The van der Waals surface area contributed by atoms with Crippen LogP contribution in [0.1, 0.15) is 43.2 Å². The van der Waals surface area contributed by atoms with Crippen molar-refractivity contribution in [3.63, 3.8) is 0 Å². The van der Waals surface area contributed by atoms with Gasteiger partial charge in [-0.1, -0.05) is 0 Å². The number of carbonyl (C=O) groups excluding carboxylic acids is 3. The highest BCUT2D eigenvalue weighted by Crippen LogP contribution is 2.24. The summed E-state index contributed by atoms with van der Waals surface area (Å²) in [6.45, 7) is 0. The fourth-order valence-corrected chi connectivity index (χ4v) is 2.27. The van der Waals surface area contributed by atoms with Crippen molar-refractivity contribution in [1.29, 1.82) is 0 Å². The molecule has 9 nitrogen and oxygen atoms in total. The largest absolute Gasteiger partial charge is 0.467 e. The Bertz CT molecular complexity index is 886. The van der Waals surface area contributed by atoms with E-state index in [-0.39, 0.29) is 22.8 Å². The van der Waals surface area contributed by atoms with Crippen molar-refractivity contribution in [2.24, 2.45) is 0 Å². The van der Waals surface area contributed by atoms with E-state index in [2.05, 4.69) is 25.9 Å². The van der Waals surface area contributed by atoms with Crippen molar-refractivity contribution in [2.75, 3.05) is 26.5 Å². The van der Waals surface area contributed by atoms with Crippen LogP contribution in [-0.4, -0.2) is 48.9 Å². The molecule has 2 rings (SSSR count). The van der Waals surface area contributed by atoms with Crippen molar-refractivity contribution in [2.45, 2.75) is 6.43 Å². The summed E-state index contributed by atoms with van der Waals surface area (Å²) < 4.78 is 31.2. The number of carbonyl (C=O) groups is 3. The Hall–Kier alpha value is -3.63. The van der Waals surface area contributed by atoms with Gasteiger partial charge in [0.25, 0.3) is 24.1 Å². The van der Waals surface area contributed by atoms with Gasteiger partial charge in [-0.05, 0) is 18.2 Å². The Labute approximate surface area is 158 Å². The molecular formula is C17H17F2N5O4. The lowest BCUT2D eigenvalue weighted by Gasteiger charge is -2.12. The van der Waals surface area contributed by atoms with Gasteiger partial charge in [0.2, 0.25) is 0 Å². The van der Waals surface area contributed by atoms with E-state index in [0.717, 1.165) is 6.20 Å². The van der Waals surface area contributed by atoms with Crippen LogP contribution in [0.25, 0.3) is 0 Å². The van der Waals surface area contributed by atoms with E-state index >= 15 is 0 Å². The Morgan fingerprint density at radius 1 is 1.00 bits per heavy atom. The molecule has 0 atom stereocenters. The zero-order valence-corrected chi connectivity index (χ0v) is 15.2. The van der Waals surface area contributed by atoms with Crippen LogP contribution < -0.4 is 20.7 Å². The van der Waals surface area contributed by atoms with Crippen LogP contribution in [0.3, 0.4) is 0 Å². The van der Waals surface area contributed by atoms with E-state index in [1.165, 1.54) is 39.4 Å². The SMILES string of the molecule is CNC(=O)c1cc(NC(=O)c2cnc(OC)nc2C(F)F)cc(C(=O)NC)c1. The Kier molecular flexibility index (Phi) is 6.53. The third-order valence-electron chi connectivity index (χ3n) is 3.60. The topological polar surface area (TPSA) is 122 Å². The van der Waals surface area contributed by atoms with Gasteiger partial charge in [-0.15, -0.1) is 0 Å². The highest BCUT2D eigenvalue weighted by molar-refractivity contribution is 6.07. The normalized spacial score (nSPS) is 10.4. The molecule has 28 heavy (non-hydrogen) atoms. The summed E-state index contributed by atoms with van der Waals surface area (Å²) in [5.41, 5.74) is -1.03. The van der Waals surface area contributed by atoms with Crippen LogP contribution in [0.4, 0.5) is 14.5 Å². The maximum atomic E-state index is 13.2. The number of ether oxygens (including phenoxy) is 1. The lowest BCUT2D eigenvalue weighted by molar-refractivity contribution is 0.0960. The predicted molar refractivity (Wildman–Crippen MR) is 94.7 cm³/mol. The lowest BCUT2D eigenvalue weighted by Crippen LogP contribution is -2.22. The monoisotopic (exact) mass is 393 g/mol. The van der Waals surface area contributed by atoms with E-state index in [1.54, 1.807) is 0 Å². The molecule has 0 unspecified atom stereocenters. The number of nitrogens with zero attached hydrogens (tertiary/aromatic N) is 2. The molecule has 0 aliphatic rings. The first-order valence-electron chi connectivity index (χ1n) is 7.90. The second-order valence-electron chi connectivity index (χ2n) is 5.37. The van der Waals surface area contributed by atoms with Crippen LogP contribution >= 0.6 is 0 Å². The van der Waals surface area contributed by atoms with Crippen molar-refractivity contribution < 1.29 is 27.9 Å². The second-order valence-corrected chi connectivity index (χ2v) is 5.37. The van der Waals surface area contributed by atoms with Crippen molar-refractivity contribution >= 4 is 23.4 Å². The third-order valence-corrected chi connectivity index (χ3v) is 3.60. The fraction of sp³-hybridized carbons (Fsp3) is 0.235. The number of methoxy groups -OCH3 is 1. The Morgan fingerprint density at radius 3 is 2.04 bits per heavy atom. The molecule has 11 heteroatoms. The van der Waals surface area contributed by atoms with Gasteiger partial charge >= 0.3 is 6.01 Å². The average Bonchev–Trinajstić information content (AvgIpc) is 2.71. The van der Waals surface area contributed by atoms with Gasteiger partial charge in [0.1, 0.15) is 5.69 Å². The fourth-order valence-electron chi connectivity index (χ4n) is 2.27. The quantitative estimate of drug-likeness (QED) is 0.682. The maximum Gasteiger partial charge on any atom is 0.316 e. The van der Waals surface area contributed by atoms with Gasteiger partial charge in [-0.2, -0.15) is 4.98 Å². The van der Waals surface area contributed by atoms with Crippen molar-refractivity contribution in [3.8, 4) is 6.01 Å². The first kappa shape index (κ1) is 20.7. The van der Waals surface area contributed by atoms with Crippen LogP contribution in [0.15, 0.2) is 24.4 Å². The highest BCUT2D eigenvalue weighted by Gasteiger charge is 2.23. The number of nitrogens with one attached hydrogen (secondary N) is 3. The van der Waals surface area contributed by atoms with E-state index in [4.69, 9.17) is 4.74 Å². The van der Waals surface area contributed by atoms with Crippen molar-refractivity contribution in [3.05, 3.63) is 46.8 Å². The summed E-state index contributed by atoms with van der Waals surface area (Å²) in [6, 6.07) is 3.62. The zero-order valence-electron chi connectivity index (χ0n) is 15.2. The van der Waals surface area contributed by atoms with E-state index in [0.29, 0.717) is 0 Å². The number of aromatic nitrogens is 2. The number of amides is 3. The maximum absolute atomic E-state index is 13.2. The smallest absolute Gasteiger partial charge is 0.316 e. The molecule has 0 saturated heterocycles. The van der Waals surface area contributed by atoms with Gasteiger partial charge in [-0.3, -0.25) is 14.4 Å². The number of hydrogen-bond acceptors (Lipinski definition) is 6. The van der Waals surface area contributed by atoms with E-state index in [9.17, 15) is 23.2 Å². The minimum absolute atomic E-state index is 0.0562. The zero-order chi connectivity index (χ0) is 20.8. The number of alkyl halides is 2. The standard InChI is InChI=1S/C17H17F2N5O4/c1-20-14(25)8-4-9(15(26)21-2)6-10(5-8)23-16(27)11-7-22-17(28-3)24-12(11)13(18)19/h4-7,13H,1-3H3,(H,20,25)(H,21,26)(H,23,27). The summed E-state index contributed by atoms with van der Waals surface area (Å²) in [5.74, 6) is -1.93. The molecule has 0 bridgehead atoms. The number of benzene rings is 1. The van der Waals surface area contributed by atoms with Crippen LogP contribution in [0.2, 0.25) is 0 Å². The number of rotatable bonds is 6. The molecule has 1 aromatic carbocycles. The van der Waals surface area contributed by atoms with Gasteiger partial charge in [-0.25, -0.2) is 13.8 Å². The van der Waals surface area contributed by atoms with Crippen LogP contribution in [0, 0.1) is 0 Å². The van der Waals surface area contributed by atoms with Gasteiger partial charge < -0.3 is 20.7 Å². The summed E-state index contributed by atoms with van der Waals surface area (Å²) in [6.07, 6.45) is -2.14. The first-order chi connectivity index (χ1) is 13.3. The molecule has 1 heterocycles. The Morgan fingerprint density at radius 2 is 1.57 bits per heavy atom. The van der Waals surface area contributed by atoms with Crippen molar-refractivity contribution in [1.82, 2.24) is 20.6 Å². The van der Waals surface area contributed by atoms with Crippen LogP contribution in [0.5, 0.6) is 6.01 Å². The molecule has 2 aromatic rings. The average molecular weight is 393 g/mol. The molecule has 0 aliphatic heterocycles. The molecular weight excluding hydrogens is 376 g/mol. The minimum Gasteiger partial charge on any atom is -0.467 e. The van der Waals surface area contributed by atoms with Gasteiger partial charge in [0.15, 0.2) is 0 Å². The summed E-state index contributed by atoms with van der Waals surface area (Å²) in [4.78, 5) is 43.5.